The first-order valence-electron chi connectivity index (χ1n) is 8.68. The molecule has 0 saturated carbocycles. The van der Waals surface area contributed by atoms with Gasteiger partial charge in [-0.1, -0.05) is 12.1 Å². The topological polar surface area (TPSA) is 68.9 Å². The van der Waals surface area contributed by atoms with Crippen molar-refractivity contribution >= 4 is 11.6 Å². The molecule has 2 aromatic carbocycles. The number of rotatable bonds is 6. The summed E-state index contributed by atoms with van der Waals surface area (Å²) in [4.78, 5) is 4.43. The van der Waals surface area contributed by atoms with Crippen molar-refractivity contribution in [1.82, 2.24) is 0 Å². The van der Waals surface area contributed by atoms with Gasteiger partial charge in [0.1, 0.15) is 0 Å². The van der Waals surface area contributed by atoms with Gasteiger partial charge in [-0.15, -0.1) is 0 Å². The number of hydrogen-bond donors (Lipinski definition) is 2. The van der Waals surface area contributed by atoms with Gasteiger partial charge in [-0.2, -0.15) is 0 Å². The van der Waals surface area contributed by atoms with Gasteiger partial charge in [0.15, 0.2) is 17.5 Å². The summed E-state index contributed by atoms with van der Waals surface area (Å²) in [6, 6.07) is 12.2. The number of ether oxygens (including phenoxy) is 2. The molecule has 1 aliphatic carbocycles. The maximum Gasteiger partial charge on any atom is 0.193 e. The average Bonchev–Trinajstić information content (AvgIpc) is 3.08. The zero-order chi connectivity index (χ0) is 17.6. The Morgan fingerprint density at radius 1 is 1.12 bits per heavy atom. The van der Waals surface area contributed by atoms with Gasteiger partial charge < -0.3 is 20.5 Å². The molecule has 25 heavy (non-hydrogen) atoms. The van der Waals surface area contributed by atoms with Crippen LogP contribution in [0.15, 0.2) is 41.4 Å². The minimum Gasteiger partial charge on any atom is -0.493 e. The van der Waals surface area contributed by atoms with Crippen LogP contribution in [0.2, 0.25) is 0 Å². The van der Waals surface area contributed by atoms with Crippen LogP contribution in [0.1, 0.15) is 30.0 Å². The highest BCUT2D eigenvalue weighted by molar-refractivity contribution is 5.92. The lowest BCUT2D eigenvalue weighted by Gasteiger charge is -2.11. The number of nitrogens with zero attached hydrogens (tertiary/aromatic N) is 1. The van der Waals surface area contributed by atoms with E-state index in [0.717, 1.165) is 29.2 Å². The Hall–Kier alpha value is -2.69. The second kappa shape index (κ2) is 7.92. The van der Waals surface area contributed by atoms with Crippen molar-refractivity contribution in [3.63, 3.8) is 0 Å². The van der Waals surface area contributed by atoms with E-state index in [1.54, 1.807) is 7.11 Å². The minimum absolute atomic E-state index is 0.409. The first kappa shape index (κ1) is 17.1. The molecule has 5 nitrogen and oxygen atoms in total. The van der Waals surface area contributed by atoms with Crippen LogP contribution in [0.5, 0.6) is 11.5 Å². The molecule has 0 spiro atoms. The SMILES string of the molecule is CCOc1cc(CN=C(N)Nc2ccc3c(c2)CCC3)ccc1OC. The standard InChI is InChI=1S/C20H25N3O2/c1-3-25-19-11-14(7-10-18(19)24-2)13-22-20(21)23-17-9-8-15-5-4-6-16(15)12-17/h7-12H,3-6,13H2,1-2H3,(H3,21,22,23). The monoisotopic (exact) mass is 339 g/mol. The van der Waals surface area contributed by atoms with Gasteiger partial charge >= 0.3 is 0 Å². The van der Waals surface area contributed by atoms with E-state index >= 15 is 0 Å². The molecule has 0 bridgehead atoms. The van der Waals surface area contributed by atoms with E-state index in [1.165, 1.54) is 24.0 Å². The van der Waals surface area contributed by atoms with Gasteiger partial charge in [0.05, 0.1) is 20.3 Å². The molecule has 3 rings (SSSR count). The summed E-state index contributed by atoms with van der Waals surface area (Å²) < 4.78 is 10.9. The molecule has 0 unspecified atom stereocenters. The van der Waals surface area contributed by atoms with Crippen molar-refractivity contribution in [2.24, 2.45) is 10.7 Å². The first-order chi connectivity index (χ1) is 12.2. The third-order valence-corrected chi connectivity index (χ3v) is 4.33. The smallest absolute Gasteiger partial charge is 0.193 e. The lowest BCUT2D eigenvalue weighted by Crippen LogP contribution is -2.22. The summed E-state index contributed by atoms with van der Waals surface area (Å²) in [7, 11) is 1.63. The van der Waals surface area contributed by atoms with Crippen molar-refractivity contribution in [1.29, 1.82) is 0 Å². The molecule has 0 heterocycles. The molecule has 0 atom stereocenters. The number of anilines is 1. The van der Waals surface area contributed by atoms with Crippen LogP contribution in [0.25, 0.3) is 0 Å². The van der Waals surface area contributed by atoms with Crippen molar-refractivity contribution in [3.05, 3.63) is 53.1 Å². The molecular weight excluding hydrogens is 314 g/mol. The fourth-order valence-electron chi connectivity index (χ4n) is 3.10. The Morgan fingerprint density at radius 3 is 2.76 bits per heavy atom. The Kier molecular flexibility index (Phi) is 5.43. The summed E-state index contributed by atoms with van der Waals surface area (Å²) in [6.07, 6.45) is 3.56. The number of guanidine groups is 1. The van der Waals surface area contributed by atoms with Crippen molar-refractivity contribution in [2.45, 2.75) is 32.7 Å². The quantitative estimate of drug-likeness (QED) is 0.624. The van der Waals surface area contributed by atoms with E-state index in [2.05, 4.69) is 28.5 Å². The van der Waals surface area contributed by atoms with Crippen LogP contribution >= 0.6 is 0 Å². The molecule has 0 aromatic heterocycles. The largest absolute Gasteiger partial charge is 0.493 e. The predicted octanol–water partition coefficient (Wildman–Crippen LogP) is 3.51. The van der Waals surface area contributed by atoms with Crippen LogP contribution in [0, 0.1) is 0 Å². The lowest BCUT2D eigenvalue weighted by atomic mass is 10.1. The van der Waals surface area contributed by atoms with Gasteiger partial charge in [0.2, 0.25) is 0 Å². The van der Waals surface area contributed by atoms with Gasteiger partial charge in [-0.3, -0.25) is 0 Å². The molecule has 0 fully saturated rings. The molecule has 2 aromatic rings. The summed E-state index contributed by atoms with van der Waals surface area (Å²) in [5, 5.41) is 3.18. The number of hydrogen-bond acceptors (Lipinski definition) is 3. The number of fused-ring (bicyclic) bond motifs is 1. The lowest BCUT2D eigenvalue weighted by molar-refractivity contribution is 0.310. The summed E-state index contributed by atoms with van der Waals surface area (Å²) in [5.41, 5.74) is 10.9. The van der Waals surface area contributed by atoms with Crippen LogP contribution in [-0.2, 0) is 19.4 Å². The van der Waals surface area contributed by atoms with E-state index < -0.39 is 0 Å². The highest BCUT2D eigenvalue weighted by Gasteiger charge is 2.11. The normalized spacial score (nSPS) is 13.4. The molecule has 0 saturated heterocycles. The zero-order valence-corrected chi connectivity index (χ0v) is 14.8. The van der Waals surface area contributed by atoms with Crippen molar-refractivity contribution in [3.8, 4) is 11.5 Å². The van der Waals surface area contributed by atoms with E-state index in [-0.39, 0.29) is 0 Å². The van der Waals surface area contributed by atoms with Crippen LogP contribution in [0.3, 0.4) is 0 Å². The number of nitrogens with one attached hydrogen (secondary N) is 1. The number of aliphatic imine (C=N–C) groups is 1. The predicted molar refractivity (Wildman–Crippen MR) is 102 cm³/mol. The molecule has 5 heteroatoms. The molecular formula is C20H25N3O2. The van der Waals surface area contributed by atoms with Gasteiger partial charge in [0, 0.05) is 5.69 Å². The van der Waals surface area contributed by atoms with Crippen LogP contribution < -0.4 is 20.5 Å². The van der Waals surface area contributed by atoms with E-state index in [0.29, 0.717) is 19.1 Å². The third kappa shape index (κ3) is 4.24. The van der Waals surface area contributed by atoms with Gasteiger partial charge in [-0.25, -0.2) is 4.99 Å². The van der Waals surface area contributed by atoms with E-state index in [1.807, 2.05) is 25.1 Å². The molecule has 3 N–H and O–H groups in total. The summed E-state index contributed by atoms with van der Waals surface area (Å²) >= 11 is 0. The second-order valence-corrected chi connectivity index (χ2v) is 6.08. The summed E-state index contributed by atoms with van der Waals surface area (Å²) in [6.45, 7) is 3.02. The number of nitrogens with two attached hydrogens (primary N) is 1. The zero-order valence-electron chi connectivity index (χ0n) is 14.8. The Bertz CT molecular complexity index is 772. The highest BCUT2D eigenvalue weighted by atomic mass is 16.5. The second-order valence-electron chi connectivity index (χ2n) is 6.08. The fourth-order valence-corrected chi connectivity index (χ4v) is 3.10. The van der Waals surface area contributed by atoms with Crippen molar-refractivity contribution < 1.29 is 9.47 Å². The van der Waals surface area contributed by atoms with Crippen LogP contribution in [-0.4, -0.2) is 19.7 Å². The van der Waals surface area contributed by atoms with Crippen molar-refractivity contribution in [2.75, 3.05) is 19.0 Å². The highest BCUT2D eigenvalue weighted by Crippen LogP contribution is 2.28. The fraction of sp³-hybridized carbons (Fsp3) is 0.350. The summed E-state index contributed by atoms with van der Waals surface area (Å²) in [5.74, 6) is 1.85. The average molecular weight is 339 g/mol. The van der Waals surface area contributed by atoms with Crippen LogP contribution in [0.4, 0.5) is 5.69 Å². The van der Waals surface area contributed by atoms with E-state index in [4.69, 9.17) is 15.2 Å². The molecule has 0 radical (unpaired) electrons. The Labute approximate surface area is 148 Å². The molecule has 0 amide bonds. The van der Waals surface area contributed by atoms with Gasteiger partial charge in [0.25, 0.3) is 0 Å². The van der Waals surface area contributed by atoms with E-state index in [9.17, 15) is 0 Å². The Balaban J connectivity index is 1.66. The maximum absolute atomic E-state index is 6.03. The minimum atomic E-state index is 0.409. The third-order valence-electron chi connectivity index (χ3n) is 4.33. The maximum atomic E-state index is 6.03. The molecule has 132 valence electrons. The first-order valence-corrected chi connectivity index (χ1v) is 8.68. The molecule has 1 aliphatic rings. The Morgan fingerprint density at radius 2 is 1.96 bits per heavy atom. The number of aryl methyl sites for hydroxylation is 2. The van der Waals surface area contributed by atoms with Gasteiger partial charge in [-0.05, 0) is 67.1 Å². The number of benzene rings is 2. The number of methoxy groups -OCH3 is 1. The molecule has 0 aliphatic heterocycles.